The van der Waals surface area contributed by atoms with Crippen molar-refractivity contribution >= 4 is 46.4 Å². The van der Waals surface area contributed by atoms with Gasteiger partial charge >= 0.3 is 11.9 Å². The fourth-order valence-corrected chi connectivity index (χ4v) is 2.73. The lowest BCUT2D eigenvalue weighted by molar-refractivity contribution is -0.140. The molecule has 1 heterocycles. The van der Waals surface area contributed by atoms with Gasteiger partial charge in [0.05, 0.1) is 31.4 Å². The molecule has 128 valence electrons. The number of ether oxygens (including phenoxy) is 3. The van der Waals surface area contributed by atoms with E-state index in [1.807, 2.05) is 0 Å². The number of benzene rings is 1. The standard InChI is InChI=1S/C15H15ClN2O5S/c1-21-14(19)10-6-23-7-18(12(10)15(20)22-2)8-3-4-9(13(17)24)11(16)5-8/h3-5H,6-7H2,1-2H3,(H2,17,24). The van der Waals surface area contributed by atoms with Crippen LogP contribution in [0.25, 0.3) is 0 Å². The Kier molecular flexibility index (Phi) is 5.76. The van der Waals surface area contributed by atoms with E-state index in [0.717, 1.165) is 0 Å². The fraction of sp³-hybridized carbons (Fsp3) is 0.267. The number of esters is 2. The van der Waals surface area contributed by atoms with Crippen LogP contribution >= 0.6 is 23.8 Å². The summed E-state index contributed by atoms with van der Waals surface area (Å²) in [5.74, 6) is -1.36. The predicted molar refractivity (Wildman–Crippen MR) is 91.7 cm³/mol. The molecule has 1 aliphatic rings. The van der Waals surface area contributed by atoms with Gasteiger partial charge in [-0.1, -0.05) is 23.8 Å². The number of halogens is 1. The number of carbonyl (C=O) groups is 2. The molecule has 0 aliphatic carbocycles. The van der Waals surface area contributed by atoms with E-state index in [0.29, 0.717) is 16.3 Å². The van der Waals surface area contributed by atoms with E-state index in [2.05, 4.69) is 0 Å². The molecule has 9 heteroatoms. The predicted octanol–water partition coefficient (Wildman–Crippen LogP) is 1.37. The zero-order valence-corrected chi connectivity index (χ0v) is 14.6. The van der Waals surface area contributed by atoms with E-state index in [1.165, 1.54) is 19.1 Å². The third-order valence-corrected chi connectivity index (χ3v) is 3.90. The molecule has 0 spiro atoms. The quantitative estimate of drug-likeness (QED) is 0.627. The topological polar surface area (TPSA) is 91.1 Å². The van der Waals surface area contributed by atoms with E-state index in [-0.39, 0.29) is 29.6 Å². The van der Waals surface area contributed by atoms with E-state index < -0.39 is 11.9 Å². The molecule has 0 saturated heterocycles. The fourth-order valence-electron chi connectivity index (χ4n) is 2.22. The monoisotopic (exact) mass is 370 g/mol. The van der Waals surface area contributed by atoms with Crippen molar-refractivity contribution in [3.63, 3.8) is 0 Å². The Labute approximate surface area is 148 Å². The summed E-state index contributed by atoms with van der Waals surface area (Å²) in [7, 11) is 2.44. The van der Waals surface area contributed by atoms with Gasteiger partial charge in [0, 0.05) is 11.3 Å². The Morgan fingerprint density at radius 1 is 1.29 bits per heavy atom. The largest absolute Gasteiger partial charge is 0.466 e. The van der Waals surface area contributed by atoms with Gasteiger partial charge in [0.2, 0.25) is 0 Å². The van der Waals surface area contributed by atoms with Crippen LogP contribution in [-0.2, 0) is 23.8 Å². The summed E-state index contributed by atoms with van der Waals surface area (Å²) >= 11 is 11.1. The maximum atomic E-state index is 12.2. The Bertz CT molecular complexity index is 735. The molecule has 0 bridgehead atoms. The summed E-state index contributed by atoms with van der Waals surface area (Å²) in [6.45, 7) is -0.0278. The van der Waals surface area contributed by atoms with Crippen molar-refractivity contribution < 1.29 is 23.8 Å². The van der Waals surface area contributed by atoms with Gasteiger partial charge in [0.25, 0.3) is 0 Å². The minimum atomic E-state index is -0.687. The summed E-state index contributed by atoms with van der Waals surface area (Å²) in [4.78, 5) is 25.7. The number of hydrogen-bond acceptors (Lipinski definition) is 7. The molecular weight excluding hydrogens is 356 g/mol. The van der Waals surface area contributed by atoms with Crippen molar-refractivity contribution in [1.82, 2.24) is 0 Å². The highest BCUT2D eigenvalue weighted by Crippen LogP contribution is 2.30. The maximum Gasteiger partial charge on any atom is 0.355 e. The van der Waals surface area contributed by atoms with E-state index >= 15 is 0 Å². The molecule has 0 saturated carbocycles. The zero-order chi connectivity index (χ0) is 17.9. The van der Waals surface area contributed by atoms with Crippen LogP contribution in [0.2, 0.25) is 5.02 Å². The average molecular weight is 371 g/mol. The minimum absolute atomic E-state index is 0.0354. The van der Waals surface area contributed by atoms with Crippen LogP contribution in [0.1, 0.15) is 5.56 Å². The van der Waals surface area contributed by atoms with E-state index in [9.17, 15) is 9.59 Å². The highest BCUT2D eigenvalue weighted by Gasteiger charge is 2.32. The Hall–Kier alpha value is -2.16. The Balaban J connectivity index is 2.54. The van der Waals surface area contributed by atoms with E-state index in [1.54, 1.807) is 18.2 Å². The van der Waals surface area contributed by atoms with Crippen LogP contribution < -0.4 is 10.6 Å². The second-order valence-electron chi connectivity index (χ2n) is 4.74. The second kappa shape index (κ2) is 7.61. The maximum absolute atomic E-state index is 12.2. The summed E-state index contributed by atoms with van der Waals surface area (Å²) in [6.07, 6.45) is 0. The molecule has 0 fully saturated rings. The highest BCUT2D eigenvalue weighted by molar-refractivity contribution is 7.80. The molecule has 2 N–H and O–H groups in total. The van der Waals surface area contributed by atoms with Crippen molar-refractivity contribution in [1.29, 1.82) is 0 Å². The van der Waals surface area contributed by atoms with Crippen molar-refractivity contribution in [3.8, 4) is 0 Å². The first kappa shape index (κ1) is 18.2. The lowest BCUT2D eigenvalue weighted by Gasteiger charge is -2.31. The number of rotatable bonds is 4. The molecular formula is C15H15ClN2O5S. The van der Waals surface area contributed by atoms with Crippen LogP contribution in [-0.4, -0.2) is 44.5 Å². The van der Waals surface area contributed by atoms with Gasteiger partial charge in [-0.3, -0.25) is 0 Å². The van der Waals surface area contributed by atoms with Crippen LogP contribution in [0.4, 0.5) is 5.69 Å². The van der Waals surface area contributed by atoms with Gasteiger partial charge in [-0.05, 0) is 18.2 Å². The van der Waals surface area contributed by atoms with Crippen molar-refractivity contribution in [2.45, 2.75) is 0 Å². The molecule has 0 atom stereocenters. The van der Waals surface area contributed by atoms with Crippen molar-refractivity contribution in [3.05, 3.63) is 40.1 Å². The number of thiocarbonyl (C=S) groups is 1. The average Bonchev–Trinajstić information content (AvgIpc) is 2.59. The molecule has 24 heavy (non-hydrogen) atoms. The molecule has 1 aliphatic heterocycles. The number of nitrogens with zero attached hydrogens (tertiary/aromatic N) is 1. The third kappa shape index (κ3) is 3.50. The van der Waals surface area contributed by atoms with Gasteiger partial charge in [0.1, 0.15) is 17.4 Å². The van der Waals surface area contributed by atoms with Gasteiger partial charge in [-0.2, -0.15) is 0 Å². The normalized spacial score (nSPS) is 14.4. The first-order valence-corrected chi connectivity index (χ1v) is 7.53. The van der Waals surface area contributed by atoms with Gasteiger partial charge in [-0.25, -0.2) is 9.59 Å². The second-order valence-corrected chi connectivity index (χ2v) is 5.59. The lowest BCUT2D eigenvalue weighted by Crippen LogP contribution is -2.38. The van der Waals surface area contributed by atoms with Gasteiger partial charge in [0.15, 0.2) is 0 Å². The Morgan fingerprint density at radius 3 is 2.50 bits per heavy atom. The molecule has 1 aromatic rings. The number of carbonyl (C=O) groups excluding carboxylic acids is 2. The SMILES string of the molecule is COC(=O)C1=C(C(=O)OC)N(c2ccc(C(N)=S)c(Cl)c2)COC1. The number of hydrogen-bond donors (Lipinski definition) is 1. The summed E-state index contributed by atoms with van der Waals surface area (Å²) < 4.78 is 14.9. The molecule has 0 unspecified atom stereocenters. The van der Waals surface area contributed by atoms with Gasteiger partial charge < -0.3 is 24.8 Å². The van der Waals surface area contributed by atoms with Gasteiger partial charge in [-0.15, -0.1) is 0 Å². The highest BCUT2D eigenvalue weighted by atomic mass is 35.5. The molecule has 0 amide bonds. The number of nitrogens with two attached hydrogens (primary N) is 1. The zero-order valence-electron chi connectivity index (χ0n) is 13.0. The number of methoxy groups -OCH3 is 2. The van der Waals surface area contributed by atoms with Crippen LogP contribution in [0, 0.1) is 0 Å². The van der Waals surface area contributed by atoms with E-state index in [4.69, 9.17) is 43.8 Å². The van der Waals surface area contributed by atoms with Crippen LogP contribution in [0.15, 0.2) is 29.5 Å². The molecule has 2 rings (SSSR count). The molecule has 7 nitrogen and oxygen atoms in total. The smallest absolute Gasteiger partial charge is 0.355 e. The van der Waals surface area contributed by atoms with Crippen molar-refractivity contribution in [2.24, 2.45) is 5.73 Å². The molecule has 0 radical (unpaired) electrons. The minimum Gasteiger partial charge on any atom is -0.466 e. The van der Waals surface area contributed by atoms with Crippen LogP contribution in [0.3, 0.4) is 0 Å². The summed E-state index contributed by atoms with van der Waals surface area (Å²) in [5.41, 5.74) is 6.70. The molecule has 1 aromatic carbocycles. The first-order chi connectivity index (χ1) is 11.4. The molecule has 0 aromatic heterocycles. The van der Waals surface area contributed by atoms with Crippen molar-refractivity contribution in [2.75, 3.05) is 32.5 Å². The van der Waals surface area contributed by atoms with Crippen LogP contribution in [0.5, 0.6) is 0 Å². The third-order valence-electron chi connectivity index (χ3n) is 3.36. The first-order valence-electron chi connectivity index (χ1n) is 6.75. The lowest BCUT2D eigenvalue weighted by atomic mass is 10.1. The Morgan fingerprint density at radius 2 is 1.96 bits per heavy atom. The number of anilines is 1. The summed E-state index contributed by atoms with van der Waals surface area (Å²) in [6, 6.07) is 4.86. The summed E-state index contributed by atoms with van der Waals surface area (Å²) in [5, 5.41) is 0.314.